The number of nitrogens with zero attached hydrogens (tertiary/aromatic N) is 2. The lowest BCUT2D eigenvalue weighted by Gasteiger charge is -2.13. The van der Waals surface area contributed by atoms with Gasteiger partial charge in [-0.25, -0.2) is 4.98 Å². The number of carbonyl (C=O) groups is 1. The van der Waals surface area contributed by atoms with Crippen molar-refractivity contribution in [3.63, 3.8) is 0 Å². The number of aromatic nitrogens is 2. The van der Waals surface area contributed by atoms with Crippen molar-refractivity contribution in [1.29, 1.82) is 0 Å². The SMILES string of the molecule is C[C@H](C(=O)Nc1ccc(COCC(F)(F)F)cc1)n1ccnc1. The summed E-state index contributed by atoms with van der Waals surface area (Å²) in [5.41, 5.74) is 1.15. The number of imidazole rings is 1. The molecule has 5 nitrogen and oxygen atoms in total. The van der Waals surface area contributed by atoms with Gasteiger partial charge in [0, 0.05) is 18.1 Å². The molecule has 0 aliphatic carbocycles. The molecule has 124 valence electrons. The number of alkyl halides is 3. The van der Waals surface area contributed by atoms with Crippen LogP contribution in [0.4, 0.5) is 18.9 Å². The fraction of sp³-hybridized carbons (Fsp3) is 0.333. The highest BCUT2D eigenvalue weighted by molar-refractivity contribution is 5.93. The van der Waals surface area contributed by atoms with E-state index in [1.165, 1.54) is 0 Å². The van der Waals surface area contributed by atoms with Crippen LogP contribution in [-0.2, 0) is 16.1 Å². The second-order valence-electron chi connectivity index (χ2n) is 4.98. The van der Waals surface area contributed by atoms with Crippen LogP contribution in [0, 0.1) is 0 Å². The third-order valence-corrected chi connectivity index (χ3v) is 3.11. The van der Waals surface area contributed by atoms with E-state index in [0.717, 1.165) is 0 Å². The van der Waals surface area contributed by atoms with Crippen LogP contribution in [0.5, 0.6) is 0 Å². The van der Waals surface area contributed by atoms with E-state index in [0.29, 0.717) is 11.3 Å². The summed E-state index contributed by atoms with van der Waals surface area (Å²) in [7, 11) is 0. The summed E-state index contributed by atoms with van der Waals surface area (Å²) in [6, 6.07) is 6.02. The predicted molar refractivity (Wildman–Crippen MR) is 77.7 cm³/mol. The van der Waals surface area contributed by atoms with Crippen molar-refractivity contribution in [3.05, 3.63) is 48.5 Å². The number of rotatable bonds is 6. The van der Waals surface area contributed by atoms with Gasteiger partial charge in [0.1, 0.15) is 12.6 Å². The lowest BCUT2D eigenvalue weighted by molar-refractivity contribution is -0.176. The second-order valence-corrected chi connectivity index (χ2v) is 4.98. The van der Waals surface area contributed by atoms with Gasteiger partial charge in [-0.1, -0.05) is 12.1 Å². The van der Waals surface area contributed by atoms with Crippen LogP contribution < -0.4 is 5.32 Å². The molecule has 0 unspecified atom stereocenters. The average molecular weight is 327 g/mol. The molecule has 0 saturated heterocycles. The number of halogens is 3. The first-order valence-electron chi connectivity index (χ1n) is 6.87. The first-order chi connectivity index (χ1) is 10.8. The zero-order valence-corrected chi connectivity index (χ0v) is 12.4. The van der Waals surface area contributed by atoms with E-state index in [-0.39, 0.29) is 12.5 Å². The van der Waals surface area contributed by atoms with E-state index in [2.05, 4.69) is 15.0 Å². The Morgan fingerprint density at radius 2 is 2.04 bits per heavy atom. The zero-order valence-electron chi connectivity index (χ0n) is 12.4. The number of amides is 1. The molecule has 0 radical (unpaired) electrons. The second kappa shape index (κ2) is 7.28. The molecular weight excluding hydrogens is 311 g/mol. The van der Waals surface area contributed by atoms with E-state index in [1.54, 1.807) is 54.5 Å². The number of carbonyl (C=O) groups excluding carboxylic acids is 1. The van der Waals surface area contributed by atoms with Gasteiger partial charge in [0.05, 0.1) is 12.9 Å². The molecular formula is C15H16F3N3O2. The number of ether oxygens (including phenoxy) is 1. The molecule has 1 atom stereocenters. The molecule has 2 rings (SSSR count). The standard InChI is InChI=1S/C15H16F3N3O2/c1-11(21-7-6-19-10-21)14(22)20-13-4-2-12(3-5-13)8-23-9-15(16,17)18/h2-7,10-11H,8-9H2,1H3,(H,20,22)/t11-/m1/s1. The largest absolute Gasteiger partial charge is 0.411 e. The Hall–Kier alpha value is -2.35. The van der Waals surface area contributed by atoms with Gasteiger partial charge < -0.3 is 14.6 Å². The van der Waals surface area contributed by atoms with Gasteiger partial charge in [-0.3, -0.25) is 4.79 Å². The van der Waals surface area contributed by atoms with Gasteiger partial charge in [-0.2, -0.15) is 13.2 Å². The van der Waals surface area contributed by atoms with Gasteiger partial charge >= 0.3 is 6.18 Å². The Morgan fingerprint density at radius 3 is 2.61 bits per heavy atom. The van der Waals surface area contributed by atoms with Crippen LogP contribution >= 0.6 is 0 Å². The number of anilines is 1. The van der Waals surface area contributed by atoms with Crippen LogP contribution in [0.25, 0.3) is 0 Å². The molecule has 2 aromatic rings. The van der Waals surface area contributed by atoms with Gasteiger partial charge in [0.25, 0.3) is 0 Å². The van der Waals surface area contributed by atoms with E-state index < -0.39 is 18.8 Å². The maximum atomic E-state index is 12.1. The van der Waals surface area contributed by atoms with Crippen molar-refractivity contribution >= 4 is 11.6 Å². The number of hydrogen-bond donors (Lipinski definition) is 1. The molecule has 0 spiro atoms. The van der Waals surface area contributed by atoms with Gasteiger partial charge in [-0.15, -0.1) is 0 Å². The minimum absolute atomic E-state index is 0.140. The van der Waals surface area contributed by atoms with Crippen LogP contribution in [0.2, 0.25) is 0 Å². The minimum Gasteiger partial charge on any atom is -0.367 e. The third-order valence-electron chi connectivity index (χ3n) is 3.11. The van der Waals surface area contributed by atoms with Crippen molar-refractivity contribution in [2.24, 2.45) is 0 Å². The Balaban J connectivity index is 1.86. The predicted octanol–water partition coefficient (Wildman–Crippen LogP) is 3.16. The highest BCUT2D eigenvalue weighted by atomic mass is 19.4. The first kappa shape index (κ1) is 17.0. The molecule has 0 bridgehead atoms. The summed E-state index contributed by atoms with van der Waals surface area (Å²) in [6.45, 7) is 0.309. The van der Waals surface area contributed by atoms with Gasteiger partial charge in [0.15, 0.2) is 0 Å². The first-order valence-corrected chi connectivity index (χ1v) is 6.87. The summed E-state index contributed by atoms with van der Waals surface area (Å²) in [6.07, 6.45) is 0.480. The fourth-order valence-electron chi connectivity index (χ4n) is 1.85. The van der Waals surface area contributed by atoms with Gasteiger partial charge in [-0.05, 0) is 24.6 Å². The molecule has 0 fully saturated rings. The lowest BCUT2D eigenvalue weighted by atomic mass is 10.2. The zero-order chi connectivity index (χ0) is 16.9. The average Bonchev–Trinajstić information content (AvgIpc) is 3.01. The van der Waals surface area contributed by atoms with Crippen molar-refractivity contribution in [3.8, 4) is 0 Å². The minimum atomic E-state index is -4.34. The normalized spacial score (nSPS) is 12.9. The van der Waals surface area contributed by atoms with Crippen LogP contribution in [0.3, 0.4) is 0 Å². The summed E-state index contributed by atoms with van der Waals surface area (Å²) >= 11 is 0. The molecule has 1 aromatic carbocycles. The maximum absolute atomic E-state index is 12.1. The van der Waals surface area contributed by atoms with Crippen molar-refractivity contribution in [2.45, 2.75) is 25.7 Å². The molecule has 1 amide bonds. The fourth-order valence-corrected chi connectivity index (χ4v) is 1.85. The Kier molecular flexibility index (Phi) is 5.38. The van der Waals surface area contributed by atoms with Crippen molar-refractivity contribution < 1.29 is 22.7 Å². The molecule has 23 heavy (non-hydrogen) atoms. The van der Waals surface area contributed by atoms with Crippen molar-refractivity contribution in [2.75, 3.05) is 11.9 Å². The Morgan fingerprint density at radius 1 is 1.35 bits per heavy atom. The van der Waals surface area contributed by atoms with Crippen LogP contribution in [-0.4, -0.2) is 28.2 Å². The quantitative estimate of drug-likeness (QED) is 0.887. The van der Waals surface area contributed by atoms with Gasteiger partial charge in [0.2, 0.25) is 5.91 Å². The lowest BCUT2D eigenvalue weighted by Crippen LogP contribution is -2.22. The Bertz CT molecular complexity index is 624. The molecule has 0 saturated carbocycles. The van der Waals surface area contributed by atoms with Crippen LogP contribution in [0.15, 0.2) is 43.0 Å². The van der Waals surface area contributed by atoms with E-state index in [9.17, 15) is 18.0 Å². The third kappa shape index (κ3) is 5.41. The highest BCUT2D eigenvalue weighted by Crippen LogP contribution is 2.17. The monoisotopic (exact) mass is 327 g/mol. The number of benzene rings is 1. The smallest absolute Gasteiger partial charge is 0.367 e. The molecule has 0 aliphatic heterocycles. The highest BCUT2D eigenvalue weighted by Gasteiger charge is 2.27. The molecule has 1 N–H and O–H groups in total. The summed E-state index contributed by atoms with van der Waals surface area (Å²) in [4.78, 5) is 15.9. The van der Waals surface area contributed by atoms with E-state index in [1.807, 2.05) is 0 Å². The topological polar surface area (TPSA) is 56.1 Å². The summed E-state index contributed by atoms with van der Waals surface area (Å²) in [5, 5.41) is 2.73. The Labute approximate surface area is 131 Å². The molecule has 1 aromatic heterocycles. The van der Waals surface area contributed by atoms with Crippen molar-refractivity contribution in [1.82, 2.24) is 9.55 Å². The maximum Gasteiger partial charge on any atom is 0.411 e. The number of nitrogens with one attached hydrogen (secondary N) is 1. The van der Waals surface area contributed by atoms with E-state index >= 15 is 0 Å². The molecule has 8 heteroatoms. The van der Waals surface area contributed by atoms with Crippen LogP contribution in [0.1, 0.15) is 18.5 Å². The summed E-state index contributed by atoms with van der Waals surface area (Å²) < 4.78 is 42.2. The number of hydrogen-bond acceptors (Lipinski definition) is 3. The van der Waals surface area contributed by atoms with E-state index in [4.69, 9.17) is 0 Å². The molecule has 0 aliphatic rings. The summed E-state index contributed by atoms with van der Waals surface area (Å²) in [5.74, 6) is -0.218. The molecule has 1 heterocycles.